The summed E-state index contributed by atoms with van der Waals surface area (Å²) in [6.07, 6.45) is -4.77. The van der Waals surface area contributed by atoms with Gasteiger partial charge in [0.25, 0.3) is 17.7 Å². The smallest absolute Gasteiger partial charge is 0.454 e. The summed E-state index contributed by atoms with van der Waals surface area (Å²) in [5.74, 6) is -1.19. The maximum atomic E-state index is 11.7. The number of allylic oxidation sites excluding steroid dienone is 1. The predicted octanol–water partition coefficient (Wildman–Crippen LogP) is 6.77. The number of carbonyl (C=O) groups is 1. The summed E-state index contributed by atoms with van der Waals surface area (Å²) in [7, 11) is 0. The number of hydrogen-bond acceptors (Lipinski definition) is 9. The van der Waals surface area contributed by atoms with Gasteiger partial charge in [0.05, 0.1) is 16.3 Å². The average molecular weight is 791 g/mol. The van der Waals surface area contributed by atoms with Crippen molar-refractivity contribution in [3.63, 3.8) is 0 Å². The molecule has 0 aliphatic carbocycles. The molecule has 243 valence electrons. The largest absolute Gasteiger partial charge is 0.506 e. The third-order valence-electron chi connectivity index (χ3n) is 6.58. The zero-order valence-corrected chi connectivity index (χ0v) is 29.3. The number of ketones is 1. The number of aromatic nitrogens is 7. The van der Waals surface area contributed by atoms with Crippen LogP contribution in [0.1, 0.15) is 41.5 Å². The molecular weight excluding hydrogens is 757 g/mol. The minimum absolute atomic E-state index is 0. The number of halogens is 3. The molecule has 0 saturated carbocycles. The van der Waals surface area contributed by atoms with Gasteiger partial charge in [-0.05, 0) is 89.4 Å². The Balaban J connectivity index is 0.000000324. The van der Waals surface area contributed by atoms with E-state index in [1.54, 1.807) is 20.8 Å². The minimum atomic E-state index is -4.94. The first-order chi connectivity index (χ1) is 21.3. The molecule has 0 unspecified atom stereocenters. The molecule has 1 aromatic carbocycles. The Hall–Kier alpha value is -3.27. The van der Waals surface area contributed by atoms with Crippen molar-refractivity contribution in [1.82, 2.24) is 34.5 Å². The Morgan fingerprint density at radius 1 is 0.891 bits per heavy atom. The number of benzene rings is 1. The third kappa shape index (κ3) is 9.17. The Morgan fingerprint density at radius 2 is 1.41 bits per heavy atom. The van der Waals surface area contributed by atoms with Crippen LogP contribution < -0.4 is 4.90 Å². The van der Waals surface area contributed by atoms with Crippen LogP contribution in [0.15, 0.2) is 60.0 Å². The first kappa shape index (κ1) is 37.2. The first-order valence-corrected chi connectivity index (χ1v) is 14.9. The molecule has 0 aliphatic heterocycles. The molecule has 0 amide bonds. The van der Waals surface area contributed by atoms with Crippen LogP contribution in [0.25, 0.3) is 29.0 Å². The van der Waals surface area contributed by atoms with Crippen molar-refractivity contribution in [1.29, 1.82) is 0 Å². The monoisotopic (exact) mass is 791 g/mol. The van der Waals surface area contributed by atoms with Gasteiger partial charge in [0.15, 0.2) is 5.82 Å². The summed E-state index contributed by atoms with van der Waals surface area (Å²) in [5.41, 5.74) is 5.85. The zero-order chi connectivity index (χ0) is 32.9. The fourth-order valence-electron chi connectivity index (χ4n) is 4.45. The first-order valence-electron chi connectivity index (χ1n) is 14.0. The second kappa shape index (κ2) is 16.0. The third-order valence-corrected chi connectivity index (χ3v) is 7.48. The van der Waals surface area contributed by atoms with Gasteiger partial charge >= 0.3 is 6.18 Å². The van der Waals surface area contributed by atoms with Crippen molar-refractivity contribution in [2.24, 2.45) is 0 Å². The maximum Gasteiger partial charge on any atom is 0.454 e. The van der Waals surface area contributed by atoms with E-state index in [-0.39, 0.29) is 60.3 Å². The number of aliphatic hydroxyl groups is 1. The fraction of sp³-hybridized carbons (Fsp3) is 0.290. The van der Waals surface area contributed by atoms with Crippen LogP contribution in [-0.2, 0) is 4.79 Å². The second-order valence-corrected chi connectivity index (χ2v) is 11.0. The molecular formula is C31H33EuF3N8O2S. The Bertz CT molecular complexity index is 1730. The van der Waals surface area contributed by atoms with E-state index in [0.717, 1.165) is 52.8 Å². The molecule has 0 atom stereocenters. The molecule has 5 aromatic rings. The Morgan fingerprint density at radius 3 is 1.80 bits per heavy atom. The van der Waals surface area contributed by atoms with Crippen LogP contribution in [-0.4, -0.2) is 64.7 Å². The summed E-state index contributed by atoms with van der Waals surface area (Å²) in [6.45, 7) is 14.1. The van der Waals surface area contributed by atoms with Crippen LogP contribution in [0.3, 0.4) is 0 Å². The number of nitrogens with zero attached hydrogens (tertiary/aromatic N) is 8. The molecule has 46 heavy (non-hydrogen) atoms. The van der Waals surface area contributed by atoms with Crippen molar-refractivity contribution in [2.45, 2.75) is 47.7 Å². The van der Waals surface area contributed by atoms with Crippen LogP contribution in [0, 0.1) is 77.1 Å². The van der Waals surface area contributed by atoms with Gasteiger partial charge in [-0.15, -0.1) is 11.3 Å². The molecule has 1 N–H and O–H groups in total. The SMILES string of the molecule is CCN(CC)c1ccc(-c2nc(-n3nc(C)cc3C)nc(-n3nc(C)cc3C)n2)cc1.O=C(/C=C(\O)c1cccs1)C(F)(F)F.[Eu]. The fourth-order valence-corrected chi connectivity index (χ4v) is 5.09. The van der Waals surface area contributed by atoms with Gasteiger partial charge in [0.1, 0.15) is 5.76 Å². The Labute approximate surface area is 309 Å². The van der Waals surface area contributed by atoms with Gasteiger partial charge in [0.2, 0.25) is 0 Å². The van der Waals surface area contributed by atoms with Crippen LogP contribution in [0.4, 0.5) is 18.9 Å². The maximum absolute atomic E-state index is 11.7. The molecule has 0 spiro atoms. The number of carbonyl (C=O) groups excluding carboxylic acids is 1. The topological polar surface area (TPSA) is 115 Å². The van der Waals surface area contributed by atoms with Crippen molar-refractivity contribution in [3.8, 4) is 23.3 Å². The quantitative estimate of drug-likeness (QED) is 0.136. The number of rotatable bonds is 8. The molecule has 4 heterocycles. The summed E-state index contributed by atoms with van der Waals surface area (Å²) in [5, 5.41) is 19.8. The van der Waals surface area contributed by atoms with E-state index in [1.807, 2.05) is 39.8 Å². The summed E-state index contributed by atoms with van der Waals surface area (Å²) >= 11 is 1.05. The molecule has 0 aliphatic rings. The van der Waals surface area contributed by atoms with E-state index in [9.17, 15) is 18.0 Å². The van der Waals surface area contributed by atoms with Gasteiger partial charge in [-0.25, -0.2) is 9.36 Å². The number of alkyl halides is 3. The standard InChI is InChI=1S/C23H28N8.C8H5F3O2S.Eu/c1-7-29(8-2)20-11-9-19(10-12-20)21-24-22(30-17(5)13-15(3)27-30)26-23(25-21)31-18(6)14-16(4)28-31;9-8(10,11)7(13)4-5(12)6-2-1-3-14-6;/h9-14H,7-8H2,1-6H3;1-4,12H;/b;5-4-;. The number of aryl methyl sites for hydroxylation is 4. The predicted molar refractivity (Wildman–Crippen MR) is 168 cm³/mol. The van der Waals surface area contributed by atoms with Gasteiger partial charge in [-0.2, -0.15) is 38.3 Å². The molecule has 5 rings (SSSR count). The van der Waals surface area contributed by atoms with E-state index < -0.39 is 17.7 Å². The molecule has 4 aromatic heterocycles. The summed E-state index contributed by atoms with van der Waals surface area (Å²) < 4.78 is 38.7. The van der Waals surface area contributed by atoms with Crippen molar-refractivity contribution in [2.75, 3.05) is 18.0 Å². The molecule has 0 bridgehead atoms. The molecule has 15 heteroatoms. The normalized spacial score (nSPS) is 11.5. The summed E-state index contributed by atoms with van der Waals surface area (Å²) in [6, 6.07) is 15.3. The number of anilines is 1. The van der Waals surface area contributed by atoms with Gasteiger partial charge in [-0.3, -0.25) is 4.79 Å². The molecule has 0 saturated heterocycles. The average Bonchev–Trinajstić information content (AvgIpc) is 3.74. The van der Waals surface area contributed by atoms with Crippen LogP contribution >= 0.6 is 11.3 Å². The van der Waals surface area contributed by atoms with Crippen molar-refractivity contribution < 1.29 is 72.4 Å². The molecule has 0 fully saturated rings. The van der Waals surface area contributed by atoms with Gasteiger partial charge in [-0.1, -0.05) is 6.07 Å². The number of hydrogen-bond donors (Lipinski definition) is 1. The van der Waals surface area contributed by atoms with Crippen molar-refractivity contribution in [3.05, 3.63) is 87.6 Å². The van der Waals surface area contributed by atoms with Gasteiger partial charge < -0.3 is 10.0 Å². The summed E-state index contributed by atoms with van der Waals surface area (Å²) in [4.78, 5) is 27.1. The van der Waals surface area contributed by atoms with E-state index >= 15 is 0 Å². The zero-order valence-electron chi connectivity index (χ0n) is 26.0. The molecule has 10 nitrogen and oxygen atoms in total. The second-order valence-electron chi connectivity index (χ2n) is 10.0. The van der Waals surface area contributed by atoms with Crippen molar-refractivity contribution >= 4 is 28.6 Å². The Kier molecular flexibility index (Phi) is 13.0. The molecule has 1 radical (unpaired) electrons. The van der Waals surface area contributed by atoms with E-state index in [1.165, 1.54) is 11.8 Å². The van der Waals surface area contributed by atoms with Crippen LogP contribution in [0.2, 0.25) is 0 Å². The van der Waals surface area contributed by atoms with Gasteiger partial charge in [0, 0.05) is 91.2 Å². The minimum Gasteiger partial charge on any atom is -0.506 e. The number of aliphatic hydroxyl groups excluding tert-OH is 1. The van der Waals surface area contributed by atoms with E-state index in [2.05, 4.69) is 53.2 Å². The van der Waals surface area contributed by atoms with Crippen LogP contribution in [0.5, 0.6) is 0 Å². The number of thiophene rings is 1. The van der Waals surface area contributed by atoms with E-state index in [4.69, 9.17) is 20.1 Å². The van der Waals surface area contributed by atoms with E-state index in [0.29, 0.717) is 17.7 Å².